The molecule has 0 radical (unpaired) electrons. The van der Waals surface area contributed by atoms with Crippen LogP contribution in [-0.2, 0) is 4.74 Å². The molecule has 8 nitrogen and oxygen atoms in total. The van der Waals surface area contributed by atoms with Gasteiger partial charge < -0.3 is 19.9 Å². The van der Waals surface area contributed by atoms with E-state index in [9.17, 15) is 14.4 Å². The van der Waals surface area contributed by atoms with E-state index in [4.69, 9.17) is 14.6 Å². The first kappa shape index (κ1) is 18.3. The third-order valence-electron chi connectivity index (χ3n) is 3.06. The van der Waals surface area contributed by atoms with Gasteiger partial charge in [-0.15, -0.1) is 0 Å². The number of carboxylic acids is 1. The van der Waals surface area contributed by atoms with Crippen molar-refractivity contribution in [3.05, 3.63) is 46.4 Å². The molecule has 0 fully saturated rings. The predicted octanol–water partition coefficient (Wildman–Crippen LogP) is 1.90. The Kier molecular flexibility index (Phi) is 5.31. The van der Waals surface area contributed by atoms with Crippen molar-refractivity contribution in [2.75, 3.05) is 13.2 Å². The number of pyridine rings is 2. The number of aromatic nitrogens is 1. The predicted molar refractivity (Wildman–Crippen MR) is 90.4 cm³/mol. The van der Waals surface area contributed by atoms with Gasteiger partial charge in [-0.05, 0) is 39.0 Å². The van der Waals surface area contributed by atoms with Gasteiger partial charge in [0.25, 0.3) is 5.56 Å². The number of rotatable bonds is 5. The number of amides is 1. The third-order valence-corrected chi connectivity index (χ3v) is 3.06. The van der Waals surface area contributed by atoms with Crippen LogP contribution < -0.4 is 15.6 Å². The van der Waals surface area contributed by atoms with E-state index in [1.165, 1.54) is 16.7 Å². The van der Waals surface area contributed by atoms with Gasteiger partial charge in [0.15, 0.2) is 0 Å². The Balaban J connectivity index is 1.97. The minimum Gasteiger partial charge on any atom is -0.490 e. The summed E-state index contributed by atoms with van der Waals surface area (Å²) < 4.78 is 11.9. The van der Waals surface area contributed by atoms with Crippen molar-refractivity contribution in [1.29, 1.82) is 0 Å². The number of hydrogen-bond donors (Lipinski definition) is 2. The zero-order chi connectivity index (χ0) is 18.6. The summed E-state index contributed by atoms with van der Waals surface area (Å²) in [6.45, 7) is 5.73. The Morgan fingerprint density at radius 2 is 1.96 bits per heavy atom. The SMILES string of the molecule is CC(C)(C)OC(=O)NCCOc1ccc2cc(C(=O)O)cc(=O)n2c1. The average molecular weight is 348 g/mol. The van der Waals surface area contributed by atoms with E-state index < -0.39 is 23.2 Å². The minimum atomic E-state index is -1.16. The molecule has 8 heteroatoms. The smallest absolute Gasteiger partial charge is 0.407 e. The zero-order valence-electron chi connectivity index (χ0n) is 14.2. The van der Waals surface area contributed by atoms with Crippen molar-refractivity contribution >= 4 is 17.6 Å². The van der Waals surface area contributed by atoms with E-state index >= 15 is 0 Å². The molecule has 0 aromatic carbocycles. The molecule has 25 heavy (non-hydrogen) atoms. The Morgan fingerprint density at radius 3 is 2.60 bits per heavy atom. The molecule has 2 aromatic rings. The summed E-state index contributed by atoms with van der Waals surface area (Å²) in [6, 6.07) is 5.65. The van der Waals surface area contributed by atoms with E-state index in [0.717, 1.165) is 6.07 Å². The number of nitrogens with zero attached hydrogens (tertiary/aromatic N) is 1. The molecule has 0 bridgehead atoms. The molecule has 0 atom stereocenters. The highest BCUT2D eigenvalue weighted by Gasteiger charge is 2.15. The molecule has 0 unspecified atom stereocenters. The minimum absolute atomic E-state index is 0.0692. The summed E-state index contributed by atoms with van der Waals surface area (Å²) in [7, 11) is 0. The fourth-order valence-corrected chi connectivity index (χ4v) is 2.05. The van der Waals surface area contributed by atoms with E-state index in [1.807, 2.05) is 0 Å². The summed E-state index contributed by atoms with van der Waals surface area (Å²) in [4.78, 5) is 34.4. The van der Waals surface area contributed by atoms with Gasteiger partial charge in [0, 0.05) is 11.6 Å². The summed E-state index contributed by atoms with van der Waals surface area (Å²) in [5, 5.41) is 11.5. The van der Waals surface area contributed by atoms with Crippen molar-refractivity contribution in [2.45, 2.75) is 26.4 Å². The molecular formula is C17H20N2O6. The van der Waals surface area contributed by atoms with E-state index in [0.29, 0.717) is 11.3 Å². The summed E-state index contributed by atoms with van der Waals surface area (Å²) >= 11 is 0. The lowest BCUT2D eigenvalue weighted by Gasteiger charge is -2.19. The number of aromatic carboxylic acids is 1. The fourth-order valence-electron chi connectivity index (χ4n) is 2.05. The molecule has 1 amide bonds. The number of carbonyl (C=O) groups is 2. The van der Waals surface area contributed by atoms with E-state index in [2.05, 4.69) is 5.32 Å². The van der Waals surface area contributed by atoms with Crippen LogP contribution in [0, 0.1) is 0 Å². The van der Waals surface area contributed by atoms with Gasteiger partial charge in [-0.2, -0.15) is 0 Å². The number of alkyl carbamates (subject to hydrolysis) is 1. The van der Waals surface area contributed by atoms with Gasteiger partial charge in [-0.3, -0.25) is 9.20 Å². The van der Waals surface area contributed by atoms with Gasteiger partial charge in [0.1, 0.15) is 18.0 Å². The second-order valence-electron chi connectivity index (χ2n) is 6.32. The summed E-state index contributed by atoms with van der Waals surface area (Å²) in [5.74, 6) is -0.739. The van der Waals surface area contributed by atoms with Crippen LogP contribution in [0.3, 0.4) is 0 Å². The van der Waals surface area contributed by atoms with Crippen molar-refractivity contribution in [3.63, 3.8) is 0 Å². The van der Waals surface area contributed by atoms with Crippen molar-refractivity contribution in [1.82, 2.24) is 9.72 Å². The first-order chi connectivity index (χ1) is 11.7. The lowest BCUT2D eigenvalue weighted by Crippen LogP contribution is -2.34. The average Bonchev–Trinajstić information content (AvgIpc) is 2.50. The second kappa shape index (κ2) is 7.25. The van der Waals surface area contributed by atoms with Crippen LogP contribution in [-0.4, -0.2) is 40.3 Å². The van der Waals surface area contributed by atoms with Crippen LogP contribution in [0.25, 0.3) is 5.52 Å². The lowest BCUT2D eigenvalue weighted by molar-refractivity contribution is 0.0519. The normalized spacial score (nSPS) is 11.2. The summed E-state index contributed by atoms with van der Waals surface area (Å²) in [6.07, 6.45) is 0.934. The molecular weight excluding hydrogens is 328 g/mol. The molecule has 2 aromatic heterocycles. The van der Waals surface area contributed by atoms with Crippen molar-refractivity contribution < 1.29 is 24.2 Å². The monoisotopic (exact) mass is 348 g/mol. The molecule has 0 aliphatic rings. The molecule has 0 saturated carbocycles. The molecule has 0 aliphatic heterocycles. The highest BCUT2D eigenvalue weighted by Crippen LogP contribution is 2.13. The Labute approximate surface area is 144 Å². The van der Waals surface area contributed by atoms with Crippen LogP contribution >= 0.6 is 0 Å². The van der Waals surface area contributed by atoms with Gasteiger partial charge in [0.2, 0.25) is 0 Å². The Bertz CT molecular complexity index is 850. The molecule has 2 N–H and O–H groups in total. The van der Waals surface area contributed by atoms with Crippen LogP contribution in [0.2, 0.25) is 0 Å². The number of hydrogen-bond acceptors (Lipinski definition) is 5. The van der Waals surface area contributed by atoms with E-state index in [1.54, 1.807) is 32.9 Å². The van der Waals surface area contributed by atoms with Crippen LogP contribution in [0.15, 0.2) is 35.3 Å². The Morgan fingerprint density at radius 1 is 1.24 bits per heavy atom. The number of ether oxygens (including phenoxy) is 2. The maximum atomic E-state index is 12.0. The fraction of sp³-hybridized carbons (Fsp3) is 0.353. The molecule has 2 heterocycles. The highest BCUT2D eigenvalue weighted by molar-refractivity contribution is 5.88. The van der Waals surface area contributed by atoms with Gasteiger partial charge in [0.05, 0.1) is 18.3 Å². The van der Waals surface area contributed by atoms with Gasteiger partial charge in [-0.25, -0.2) is 9.59 Å². The molecule has 2 rings (SSSR count). The van der Waals surface area contributed by atoms with Crippen molar-refractivity contribution in [2.24, 2.45) is 0 Å². The maximum Gasteiger partial charge on any atom is 0.407 e. The number of fused-ring (bicyclic) bond motifs is 1. The topological polar surface area (TPSA) is 106 Å². The number of carbonyl (C=O) groups excluding carboxylic acids is 1. The van der Waals surface area contributed by atoms with Crippen molar-refractivity contribution in [3.8, 4) is 5.75 Å². The molecule has 0 aliphatic carbocycles. The largest absolute Gasteiger partial charge is 0.490 e. The van der Waals surface area contributed by atoms with Crippen LogP contribution in [0.1, 0.15) is 31.1 Å². The first-order valence-corrected chi connectivity index (χ1v) is 7.65. The Hall–Kier alpha value is -3.03. The highest BCUT2D eigenvalue weighted by atomic mass is 16.6. The van der Waals surface area contributed by atoms with Crippen LogP contribution in [0.4, 0.5) is 4.79 Å². The van der Waals surface area contributed by atoms with Crippen LogP contribution in [0.5, 0.6) is 5.75 Å². The quantitative estimate of drug-likeness (QED) is 0.800. The van der Waals surface area contributed by atoms with Gasteiger partial charge in [-0.1, -0.05) is 0 Å². The maximum absolute atomic E-state index is 12.0. The lowest BCUT2D eigenvalue weighted by atomic mass is 10.2. The zero-order valence-corrected chi connectivity index (χ0v) is 14.2. The molecule has 134 valence electrons. The third kappa shape index (κ3) is 5.23. The number of carboxylic acid groups (broad SMARTS) is 1. The molecule has 0 spiro atoms. The molecule has 0 saturated heterocycles. The summed E-state index contributed by atoms with van der Waals surface area (Å²) in [5.41, 5.74) is -0.657. The van der Waals surface area contributed by atoms with Gasteiger partial charge >= 0.3 is 12.1 Å². The second-order valence-corrected chi connectivity index (χ2v) is 6.32. The number of nitrogens with one attached hydrogen (secondary N) is 1. The first-order valence-electron chi connectivity index (χ1n) is 7.65. The standard InChI is InChI=1S/C17H20N2O6/c1-17(2,3)25-16(23)18-6-7-24-13-5-4-12-8-11(15(21)22)9-14(20)19(12)10-13/h4-5,8-10H,6-7H2,1-3H3,(H,18,23)(H,21,22). The van der Waals surface area contributed by atoms with E-state index in [-0.39, 0.29) is 18.7 Å².